The van der Waals surface area contributed by atoms with Crippen LogP contribution in [0.15, 0.2) is 54.6 Å². The van der Waals surface area contributed by atoms with Crippen LogP contribution in [-0.4, -0.2) is 13.1 Å². The summed E-state index contributed by atoms with van der Waals surface area (Å²) in [5.41, 5.74) is 3.20. The van der Waals surface area contributed by atoms with Gasteiger partial charge >= 0.3 is 5.97 Å². The first-order valence-electron chi connectivity index (χ1n) is 8.14. The number of methoxy groups -OCH3 is 1. The third-order valence-electron chi connectivity index (χ3n) is 4.98. The second kappa shape index (κ2) is 5.52. The van der Waals surface area contributed by atoms with Crippen molar-refractivity contribution in [1.29, 1.82) is 0 Å². The molecule has 23 heavy (non-hydrogen) atoms. The Hall–Kier alpha value is -2.09. The summed E-state index contributed by atoms with van der Waals surface area (Å²) < 4.78 is 5.12. The van der Waals surface area contributed by atoms with Crippen molar-refractivity contribution in [2.24, 2.45) is 0 Å². The molecule has 0 radical (unpaired) electrons. The molecule has 1 fully saturated rings. The standard InChI is InChI=1S/C21H24O2/c1-20(2,3)16-12-10-15(11-13-16)18-14-21(18,19(22)23-4)17-8-6-5-7-9-17/h5-13,18H,14H2,1-4H3/t18-,21-/m1/s1. The van der Waals surface area contributed by atoms with Crippen molar-refractivity contribution in [2.45, 2.75) is 43.9 Å². The maximum absolute atomic E-state index is 12.5. The van der Waals surface area contributed by atoms with Gasteiger partial charge in [-0.1, -0.05) is 75.4 Å². The summed E-state index contributed by atoms with van der Waals surface area (Å²) in [5.74, 6) is 0.0694. The van der Waals surface area contributed by atoms with Gasteiger partial charge in [-0.25, -0.2) is 0 Å². The quantitative estimate of drug-likeness (QED) is 0.776. The normalized spacial score (nSPS) is 23.4. The Morgan fingerprint density at radius 3 is 2.17 bits per heavy atom. The third kappa shape index (κ3) is 2.67. The topological polar surface area (TPSA) is 26.3 Å². The first-order valence-corrected chi connectivity index (χ1v) is 8.14. The van der Waals surface area contributed by atoms with E-state index in [-0.39, 0.29) is 17.3 Å². The number of rotatable bonds is 3. The van der Waals surface area contributed by atoms with Gasteiger partial charge in [0.15, 0.2) is 0 Å². The number of esters is 1. The number of benzene rings is 2. The van der Waals surface area contributed by atoms with Gasteiger partial charge in [0.25, 0.3) is 0 Å². The monoisotopic (exact) mass is 308 g/mol. The lowest BCUT2D eigenvalue weighted by Gasteiger charge is -2.20. The lowest BCUT2D eigenvalue weighted by Crippen LogP contribution is -2.24. The van der Waals surface area contributed by atoms with Crippen LogP contribution in [0.25, 0.3) is 0 Å². The Balaban J connectivity index is 1.94. The zero-order valence-electron chi connectivity index (χ0n) is 14.3. The molecule has 0 aliphatic heterocycles. The molecular weight excluding hydrogens is 284 g/mol. The minimum Gasteiger partial charge on any atom is -0.468 e. The molecule has 0 heterocycles. The van der Waals surface area contributed by atoms with Gasteiger partial charge < -0.3 is 4.74 Å². The molecular formula is C21H24O2. The van der Waals surface area contributed by atoms with Gasteiger partial charge in [-0.05, 0) is 28.5 Å². The largest absolute Gasteiger partial charge is 0.468 e. The number of hydrogen-bond acceptors (Lipinski definition) is 2. The van der Waals surface area contributed by atoms with E-state index in [4.69, 9.17) is 4.74 Å². The van der Waals surface area contributed by atoms with Gasteiger partial charge in [0.2, 0.25) is 0 Å². The van der Waals surface area contributed by atoms with Gasteiger partial charge in [0.1, 0.15) is 5.41 Å². The highest BCUT2D eigenvalue weighted by atomic mass is 16.5. The summed E-state index contributed by atoms with van der Waals surface area (Å²) in [6, 6.07) is 18.7. The van der Waals surface area contributed by atoms with E-state index in [2.05, 4.69) is 45.0 Å². The summed E-state index contributed by atoms with van der Waals surface area (Å²) in [6.45, 7) is 6.63. The van der Waals surface area contributed by atoms with E-state index in [1.807, 2.05) is 30.3 Å². The van der Waals surface area contributed by atoms with Crippen LogP contribution >= 0.6 is 0 Å². The molecule has 0 aromatic heterocycles. The van der Waals surface area contributed by atoms with Crippen LogP contribution in [0.2, 0.25) is 0 Å². The molecule has 0 amide bonds. The van der Waals surface area contributed by atoms with Crippen LogP contribution in [0.3, 0.4) is 0 Å². The molecule has 2 aromatic carbocycles. The van der Waals surface area contributed by atoms with E-state index < -0.39 is 5.41 Å². The minimum absolute atomic E-state index is 0.131. The van der Waals surface area contributed by atoms with Crippen molar-refractivity contribution in [1.82, 2.24) is 0 Å². The maximum atomic E-state index is 12.5. The molecule has 0 N–H and O–H groups in total. The fraction of sp³-hybridized carbons (Fsp3) is 0.381. The van der Waals surface area contributed by atoms with Gasteiger partial charge in [-0.3, -0.25) is 4.79 Å². The van der Waals surface area contributed by atoms with E-state index in [9.17, 15) is 4.79 Å². The van der Waals surface area contributed by atoms with E-state index in [0.29, 0.717) is 0 Å². The summed E-state index contributed by atoms with van der Waals surface area (Å²) in [7, 11) is 1.48. The van der Waals surface area contributed by atoms with Crippen molar-refractivity contribution in [2.75, 3.05) is 7.11 Å². The highest BCUT2D eigenvalue weighted by Gasteiger charge is 2.62. The zero-order chi connectivity index (χ0) is 16.7. The van der Waals surface area contributed by atoms with Gasteiger partial charge in [0, 0.05) is 5.92 Å². The van der Waals surface area contributed by atoms with Crippen LogP contribution in [0.4, 0.5) is 0 Å². The molecule has 2 heteroatoms. The van der Waals surface area contributed by atoms with Crippen LogP contribution < -0.4 is 0 Å². The molecule has 1 saturated carbocycles. The van der Waals surface area contributed by atoms with Crippen molar-refractivity contribution >= 4 is 5.97 Å². The van der Waals surface area contributed by atoms with Crippen LogP contribution in [0.5, 0.6) is 0 Å². The Morgan fingerprint density at radius 2 is 1.65 bits per heavy atom. The third-order valence-corrected chi connectivity index (χ3v) is 4.98. The van der Waals surface area contributed by atoms with Crippen molar-refractivity contribution in [3.8, 4) is 0 Å². The Morgan fingerprint density at radius 1 is 1.04 bits per heavy atom. The molecule has 3 rings (SSSR count). The van der Waals surface area contributed by atoms with Gasteiger partial charge in [-0.15, -0.1) is 0 Å². The molecule has 2 atom stereocenters. The molecule has 120 valence electrons. The predicted octanol–water partition coefficient (Wildman–Crippen LogP) is 4.58. The number of hydrogen-bond donors (Lipinski definition) is 0. The second-order valence-electron chi connectivity index (χ2n) is 7.46. The summed E-state index contributed by atoms with van der Waals surface area (Å²) in [4.78, 5) is 12.5. The fourth-order valence-electron chi connectivity index (χ4n) is 3.46. The smallest absolute Gasteiger partial charge is 0.316 e. The van der Waals surface area contributed by atoms with Gasteiger partial charge in [0.05, 0.1) is 7.11 Å². The molecule has 0 bridgehead atoms. The molecule has 2 aromatic rings. The first-order chi connectivity index (χ1) is 10.9. The fourth-order valence-corrected chi connectivity index (χ4v) is 3.46. The minimum atomic E-state index is -0.515. The van der Waals surface area contributed by atoms with Crippen LogP contribution in [-0.2, 0) is 20.4 Å². The molecule has 1 aliphatic carbocycles. The molecule has 0 spiro atoms. The lowest BCUT2D eigenvalue weighted by atomic mass is 9.85. The summed E-state index contributed by atoms with van der Waals surface area (Å²) in [5, 5.41) is 0. The van der Waals surface area contributed by atoms with E-state index in [1.165, 1.54) is 18.2 Å². The predicted molar refractivity (Wildman–Crippen MR) is 92.6 cm³/mol. The van der Waals surface area contributed by atoms with Crippen molar-refractivity contribution in [3.63, 3.8) is 0 Å². The maximum Gasteiger partial charge on any atom is 0.316 e. The van der Waals surface area contributed by atoms with E-state index in [0.717, 1.165) is 12.0 Å². The first kappa shape index (κ1) is 15.8. The van der Waals surface area contributed by atoms with Crippen LogP contribution in [0.1, 0.15) is 49.8 Å². The lowest BCUT2D eigenvalue weighted by molar-refractivity contribution is -0.143. The number of carbonyl (C=O) groups excluding carboxylic acids is 1. The van der Waals surface area contributed by atoms with Crippen molar-refractivity contribution < 1.29 is 9.53 Å². The van der Waals surface area contributed by atoms with Gasteiger partial charge in [-0.2, -0.15) is 0 Å². The average Bonchev–Trinajstić information content (AvgIpc) is 3.31. The highest BCUT2D eigenvalue weighted by Crippen LogP contribution is 2.61. The Labute approximate surface area is 138 Å². The van der Waals surface area contributed by atoms with Crippen molar-refractivity contribution in [3.05, 3.63) is 71.3 Å². The SMILES string of the molecule is COC(=O)[C@@]1(c2ccccc2)C[C@@H]1c1ccc(C(C)(C)C)cc1. The van der Waals surface area contributed by atoms with E-state index >= 15 is 0 Å². The summed E-state index contributed by atoms with van der Waals surface area (Å²) >= 11 is 0. The molecule has 0 saturated heterocycles. The molecule has 2 nitrogen and oxygen atoms in total. The Kier molecular flexibility index (Phi) is 3.79. The highest BCUT2D eigenvalue weighted by molar-refractivity contribution is 5.89. The number of carbonyl (C=O) groups is 1. The Bertz CT molecular complexity index is 695. The average molecular weight is 308 g/mol. The van der Waals surface area contributed by atoms with E-state index in [1.54, 1.807) is 0 Å². The molecule has 1 aliphatic rings. The van der Waals surface area contributed by atoms with Crippen LogP contribution in [0, 0.1) is 0 Å². The second-order valence-corrected chi connectivity index (χ2v) is 7.46. The summed E-state index contributed by atoms with van der Waals surface area (Å²) in [6.07, 6.45) is 0.818. The number of ether oxygens (including phenoxy) is 1. The zero-order valence-corrected chi connectivity index (χ0v) is 14.3. The molecule has 0 unspecified atom stereocenters.